The van der Waals surface area contributed by atoms with E-state index in [0.29, 0.717) is 18.7 Å². The van der Waals surface area contributed by atoms with Gasteiger partial charge in [0.05, 0.1) is 12.2 Å². The Labute approximate surface area is 127 Å². The van der Waals surface area contributed by atoms with Crippen LogP contribution in [0.3, 0.4) is 0 Å². The van der Waals surface area contributed by atoms with Gasteiger partial charge < -0.3 is 9.64 Å². The van der Waals surface area contributed by atoms with E-state index in [9.17, 15) is 9.59 Å². The Kier molecular flexibility index (Phi) is 4.26. The van der Waals surface area contributed by atoms with Crippen LogP contribution in [-0.4, -0.2) is 27.4 Å². The number of carbonyl (C=O) groups excluding carboxylic acids is 2. The molecule has 0 saturated heterocycles. The summed E-state index contributed by atoms with van der Waals surface area (Å²) in [4.78, 5) is 25.4. The van der Waals surface area contributed by atoms with E-state index in [0.717, 1.165) is 10.0 Å². The fourth-order valence-corrected chi connectivity index (χ4v) is 3.07. The molecule has 1 heterocycles. The molecule has 0 bridgehead atoms. The van der Waals surface area contributed by atoms with Gasteiger partial charge in [0, 0.05) is 11.0 Å². The molecule has 1 amide bonds. The van der Waals surface area contributed by atoms with Gasteiger partial charge in [0.15, 0.2) is 4.05 Å². The summed E-state index contributed by atoms with van der Waals surface area (Å²) < 4.78 is 5.12. The number of carbonyl (C=O) groups is 2. The molecule has 0 aromatic heterocycles. The summed E-state index contributed by atoms with van der Waals surface area (Å²) in [6, 6.07) is 5.60. The predicted molar refractivity (Wildman–Crippen MR) is 78.5 cm³/mol. The third kappa shape index (κ3) is 2.40. The largest absolute Gasteiger partial charge is 0.464 e. The third-order valence-corrected chi connectivity index (χ3v) is 4.51. The number of ether oxygens (including phenoxy) is 1. The van der Waals surface area contributed by atoms with Crippen molar-refractivity contribution >= 4 is 50.4 Å². The van der Waals surface area contributed by atoms with Gasteiger partial charge in [0.2, 0.25) is 0 Å². The van der Waals surface area contributed by atoms with Crippen molar-refractivity contribution in [3.63, 3.8) is 0 Å². The van der Waals surface area contributed by atoms with Crippen LogP contribution in [0, 0.1) is 0 Å². The second kappa shape index (κ2) is 5.56. The van der Waals surface area contributed by atoms with E-state index in [1.807, 2.05) is 40.8 Å². The molecular formula is C12H11BrINO3. The standard InChI is InChI=1S/C12H11BrINO3/c1-2-18-12(17)10(14)15-6-7-4-3-5-8(13)9(7)11(15)16/h3-5,10H,2,6H2,1H3. The van der Waals surface area contributed by atoms with Crippen LogP contribution in [0.5, 0.6) is 0 Å². The molecule has 6 heteroatoms. The molecule has 0 fully saturated rings. The van der Waals surface area contributed by atoms with Crippen LogP contribution in [0.2, 0.25) is 0 Å². The van der Waals surface area contributed by atoms with E-state index in [2.05, 4.69) is 15.9 Å². The highest BCUT2D eigenvalue weighted by molar-refractivity contribution is 14.1. The quantitative estimate of drug-likeness (QED) is 0.325. The fourth-order valence-electron chi connectivity index (χ4n) is 1.86. The monoisotopic (exact) mass is 423 g/mol. The summed E-state index contributed by atoms with van der Waals surface area (Å²) in [5, 5.41) is 0. The highest BCUT2D eigenvalue weighted by Crippen LogP contribution is 2.32. The van der Waals surface area contributed by atoms with Crippen LogP contribution in [0.15, 0.2) is 22.7 Å². The van der Waals surface area contributed by atoms with E-state index in [-0.39, 0.29) is 11.9 Å². The third-order valence-electron chi connectivity index (χ3n) is 2.67. The Bertz CT molecular complexity index is 506. The highest BCUT2D eigenvalue weighted by Gasteiger charge is 2.36. The average molecular weight is 424 g/mol. The van der Waals surface area contributed by atoms with Crippen LogP contribution in [0.1, 0.15) is 22.8 Å². The van der Waals surface area contributed by atoms with Crippen LogP contribution < -0.4 is 0 Å². The van der Waals surface area contributed by atoms with Crippen molar-refractivity contribution in [3.8, 4) is 0 Å². The number of esters is 1. The van der Waals surface area contributed by atoms with Crippen molar-refractivity contribution in [2.45, 2.75) is 17.5 Å². The second-order valence-corrected chi connectivity index (χ2v) is 5.83. The zero-order chi connectivity index (χ0) is 13.3. The Balaban J connectivity index is 2.24. The molecule has 1 aliphatic heterocycles. The Morgan fingerprint density at radius 2 is 2.33 bits per heavy atom. The molecule has 0 aliphatic carbocycles. The van der Waals surface area contributed by atoms with Crippen molar-refractivity contribution in [3.05, 3.63) is 33.8 Å². The lowest BCUT2D eigenvalue weighted by molar-refractivity contribution is -0.144. The Hall–Kier alpha value is -0.630. The van der Waals surface area contributed by atoms with Gasteiger partial charge in [-0.1, -0.05) is 12.1 Å². The van der Waals surface area contributed by atoms with E-state index < -0.39 is 4.05 Å². The van der Waals surface area contributed by atoms with Crippen molar-refractivity contribution < 1.29 is 14.3 Å². The molecule has 1 aromatic rings. The van der Waals surface area contributed by atoms with Crippen LogP contribution >= 0.6 is 38.5 Å². The molecule has 1 unspecified atom stereocenters. The van der Waals surface area contributed by atoms with Gasteiger partial charge in [0.1, 0.15) is 0 Å². The van der Waals surface area contributed by atoms with Gasteiger partial charge in [-0.15, -0.1) is 0 Å². The number of alkyl halides is 1. The van der Waals surface area contributed by atoms with Gasteiger partial charge >= 0.3 is 5.97 Å². The molecule has 0 N–H and O–H groups in total. The molecule has 96 valence electrons. The average Bonchev–Trinajstić information content (AvgIpc) is 2.67. The summed E-state index contributed by atoms with van der Waals surface area (Å²) in [5.41, 5.74) is 1.57. The number of benzene rings is 1. The summed E-state index contributed by atoms with van der Waals surface area (Å²) in [7, 11) is 0. The number of hydrogen-bond donors (Lipinski definition) is 0. The first kappa shape index (κ1) is 13.8. The van der Waals surface area contributed by atoms with E-state index in [1.54, 1.807) is 6.92 Å². The number of amides is 1. The van der Waals surface area contributed by atoms with Crippen LogP contribution in [0.25, 0.3) is 0 Å². The maximum atomic E-state index is 12.3. The zero-order valence-electron chi connectivity index (χ0n) is 9.65. The van der Waals surface area contributed by atoms with Crippen molar-refractivity contribution in [2.24, 2.45) is 0 Å². The van der Waals surface area contributed by atoms with E-state index in [1.165, 1.54) is 4.90 Å². The molecule has 0 saturated carbocycles. The van der Waals surface area contributed by atoms with Crippen LogP contribution in [0.4, 0.5) is 0 Å². The molecule has 2 rings (SSSR count). The zero-order valence-corrected chi connectivity index (χ0v) is 13.4. The normalized spacial score (nSPS) is 15.5. The molecular weight excluding hydrogens is 413 g/mol. The number of nitrogens with zero attached hydrogens (tertiary/aromatic N) is 1. The lowest BCUT2D eigenvalue weighted by Crippen LogP contribution is -2.38. The second-order valence-electron chi connectivity index (χ2n) is 3.79. The Morgan fingerprint density at radius 1 is 1.61 bits per heavy atom. The minimum absolute atomic E-state index is 0.134. The predicted octanol–water partition coefficient (Wildman–Crippen LogP) is 2.73. The molecule has 1 atom stereocenters. The lowest BCUT2D eigenvalue weighted by atomic mass is 10.1. The molecule has 0 radical (unpaired) electrons. The molecule has 1 aromatic carbocycles. The number of rotatable bonds is 3. The maximum absolute atomic E-state index is 12.3. The smallest absolute Gasteiger partial charge is 0.339 e. The summed E-state index contributed by atoms with van der Waals surface area (Å²) in [6.07, 6.45) is 0. The topological polar surface area (TPSA) is 46.6 Å². The van der Waals surface area contributed by atoms with Gasteiger partial charge in [-0.3, -0.25) is 4.79 Å². The molecule has 4 nitrogen and oxygen atoms in total. The van der Waals surface area contributed by atoms with Gasteiger partial charge in [-0.25, -0.2) is 4.79 Å². The summed E-state index contributed by atoms with van der Waals surface area (Å²) in [5.74, 6) is -0.514. The first-order valence-corrected chi connectivity index (χ1v) is 7.49. The molecule has 1 aliphatic rings. The summed E-state index contributed by atoms with van der Waals surface area (Å²) in [6.45, 7) is 2.51. The fraction of sp³-hybridized carbons (Fsp3) is 0.333. The van der Waals surface area contributed by atoms with Gasteiger partial charge in [-0.2, -0.15) is 0 Å². The minimum atomic E-state index is -0.589. The SMILES string of the molecule is CCOC(=O)C(I)N1Cc2cccc(Br)c2C1=O. The van der Waals surface area contributed by atoms with Gasteiger partial charge in [-0.05, 0) is 57.1 Å². The van der Waals surface area contributed by atoms with Gasteiger partial charge in [0.25, 0.3) is 5.91 Å². The van der Waals surface area contributed by atoms with Crippen molar-refractivity contribution in [1.29, 1.82) is 0 Å². The number of hydrogen-bond acceptors (Lipinski definition) is 3. The first-order valence-electron chi connectivity index (χ1n) is 5.45. The summed E-state index contributed by atoms with van der Waals surface area (Å²) >= 11 is 5.30. The maximum Gasteiger partial charge on any atom is 0.339 e. The van der Waals surface area contributed by atoms with Crippen LogP contribution in [-0.2, 0) is 16.1 Å². The van der Waals surface area contributed by atoms with E-state index in [4.69, 9.17) is 4.74 Å². The molecule has 0 spiro atoms. The highest BCUT2D eigenvalue weighted by atomic mass is 127. The molecule has 18 heavy (non-hydrogen) atoms. The van der Waals surface area contributed by atoms with Crippen molar-refractivity contribution in [1.82, 2.24) is 4.90 Å². The van der Waals surface area contributed by atoms with E-state index >= 15 is 0 Å². The number of halogens is 2. The minimum Gasteiger partial charge on any atom is -0.464 e. The number of fused-ring (bicyclic) bond motifs is 1. The lowest BCUT2D eigenvalue weighted by Gasteiger charge is -2.20. The first-order chi connectivity index (χ1) is 8.56. The Morgan fingerprint density at radius 3 is 2.94 bits per heavy atom. The van der Waals surface area contributed by atoms with Crippen molar-refractivity contribution in [2.75, 3.05) is 6.61 Å².